The molecule has 8 heteroatoms. The van der Waals surface area contributed by atoms with Gasteiger partial charge in [-0.2, -0.15) is 0 Å². The summed E-state index contributed by atoms with van der Waals surface area (Å²) in [7, 11) is 0. The van der Waals surface area contributed by atoms with Crippen LogP contribution in [0, 0.1) is 0 Å². The average Bonchev–Trinajstić information content (AvgIpc) is 3.05. The van der Waals surface area contributed by atoms with Crippen LogP contribution in [-0.4, -0.2) is 45.8 Å². The molecule has 0 saturated carbocycles. The van der Waals surface area contributed by atoms with Crippen molar-refractivity contribution >= 4 is 39.9 Å². The van der Waals surface area contributed by atoms with Crippen LogP contribution in [0.15, 0.2) is 17.7 Å². The average molecular weight is 342 g/mol. The third kappa shape index (κ3) is 3.33. The number of rotatable bonds is 4. The standard InChI is InChI=1S/C14H16ClN3O3S/c15-12-10(18-5-8-22-13(18)17-12)1-2-11(19)16-9-14(20)3-6-21-7-4-14/h1-2,5,8,20H,3-4,6-7,9H2,(H,16,19). The smallest absolute Gasteiger partial charge is 0.244 e. The van der Waals surface area contributed by atoms with Gasteiger partial charge in [0.15, 0.2) is 10.1 Å². The lowest BCUT2D eigenvalue weighted by Gasteiger charge is -2.31. The molecule has 118 valence electrons. The summed E-state index contributed by atoms with van der Waals surface area (Å²) in [6, 6.07) is 0. The molecule has 1 aliphatic heterocycles. The number of imidazole rings is 1. The summed E-state index contributed by atoms with van der Waals surface area (Å²) >= 11 is 7.52. The summed E-state index contributed by atoms with van der Waals surface area (Å²) in [5.41, 5.74) is -0.214. The van der Waals surface area contributed by atoms with Crippen molar-refractivity contribution in [3.8, 4) is 0 Å². The Morgan fingerprint density at radius 3 is 3.14 bits per heavy atom. The van der Waals surface area contributed by atoms with Gasteiger partial charge in [0.2, 0.25) is 5.91 Å². The number of thiazole rings is 1. The largest absolute Gasteiger partial charge is 0.388 e. The maximum atomic E-state index is 11.9. The van der Waals surface area contributed by atoms with Gasteiger partial charge in [0.25, 0.3) is 0 Å². The molecule has 1 amide bonds. The van der Waals surface area contributed by atoms with E-state index in [9.17, 15) is 9.90 Å². The zero-order valence-corrected chi connectivity index (χ0v) is 13.4. The molecule has 0 unspecified atom stereocenters. The highest BCUT2D eigenvalue weighted by Gasteiger charge is 2.29. The van der Waals surface area contributed by atoms with E-state index in [1.54, 1.807) is 6.08 Å². The van der Waals surface area contributed by atoms with Crippen molar-refractivity contribution in [2.45, 2.75) is 18.4 Å². The van der Waals surface area contributed by atoms with Gasteiger partial charge in [-0.1, -0.05) is 11.6 Å². The molecule has 0 aliphatic carbocycles. The van der Waals surface area contributed by atoms with Gasteiger partial charge in [-0.05, 0) is 6.08 Å². The van der Waals surface area contributed by atoms with Crippen molar-refractivity contribution in [1.82, 2.24) is 14.7 Å². The van der Waals surface area contributed by atoms with Crippen LogP contribution in [0.1, 0.15) is 18.5 Å². The van der Waals surface area contributed by atoms with Crippen molar-refractivity contribution in [2.75, 3.05) is 19.8 Å². The first-order valence-corrected chi connectivity index (χ1v) is 8.20. The summed E-state index contributed by atoms with van der Waals surface area (Å²) in [6.45, 7) is 1.25. The van der Waals surface area contributed by atoms with Gasteiger partial charge in [0.1, 0.15) is 0 Å². The summed E-state index contributed by atoms with van der Waals surface area (Å²) in [5.74, 6) is -0.277. The molecule has 0 radical (unpaired) electrons. The Labute approximate surface area is 136 Å². The summed E-state index contributed by atoms with van der Waals surface area (Å²) in [4.78, 5) is 16.9. The van der Waals surface area contributed by atoms with Crippen LogP contribution in [0.5, 0.6) is 0 Å². The van der Waals surface area contributed by atoms with Gasteiger partial charge < -0.3 is 15.2 Å². The normalized spacial score (nSPS) is 18.1. The zero-order valence-electron chi connectivity index (χ0n) is 11.8. The molecule has 0 spiro atoms. The van der Waals surface area contributed by atoms with E-state index in [1.165, 1.54) is 17.4 Å². The Morgan fingerprint density at radius 1 is 1.59 bits per heavy atom. The van der Waals surface area contributed by atoms with Crippen molar-refractivity contribution in [2.24, 2.45) is 0 Å². The number of aromatic nitrogens is 2. The lowest BCUT2D eigenvalue weighted by atomic mass is 9.94. The minimum Gasteiger partial charge on any atom is -0.388 e. The van der Waals surface area contributed by atoms with Gasteiger partial charge in [-0.25, -0.2) is 4.98 Å². The van der Waals surface area contributed by atoms with E-state index >= 15 is 0 Å². The van der Waals surface area contributed by atoms with Gasteiger partial charge in [-0.3, -0.25) is 9.20 Å². The molecule has 3 rings (SSSR count). The van der Waals surface area contributed by atoms with Crippen molar-refractivity contribution in [1.29, 1.82) is 0 Å². The minimum atomic E-state index is -0.878. The van der Waals surface area contributed by atoms with Crippen LogP contribution in [-0.2, 0) is 9.53 Å². The van der Waals surface area contributed by atoms with Crippen LogP contribution >= 0.6 is 22.9 Å². The Morgan fingerprint density at radius 2 is 2.36 bits per heavy atom. The predicted molar refractivity (Wildman–Crippen MR) is 85.1 cm³/mol. The Balaban J connectivity index is 1.61. The number of carbonyl (C=O) groups excluding carboxylic acids is 1. The lowest BCUT2D eigenvalue weighted by Crippen LogP contribution is -2.46. The second-order valence-electron chi connectivity index (χ2n) is 5.23. The van der Waals surface area contributed by atoms with E-state index in [0.29, 0.717) is 36.9 Å². The highest BCUT2D eigenvalue weighted by Crippen LogP contribution is 2.22. The third-order valence-corrected chi connectivity index (χ3v) is 4.70. The number of fused-ring (bicyclic) bond motifs is 1. The Hall–Kier alpha value is -1.41. The molecule has 0 aromatic carbocycles. The maximum Gasteiger partial charge on any atom is 0.244 e. The van der Waals surface area contributed by atoms with E-state index < -0.39 is 5.60 Å². The Kier molecular flexibility index (Phi) is 4.49. The molecular weight excluding hydrogens is 326 g/mol. The summed E-state index contributed by atoms with van der Waals surface area (Å²) < 4.78 is 7.03. The summed E-state index contributed by atoms with van der Waals surface area (Å²) in [6.07, 6.45) is 5.93. The SMILES string of the molecule is O=C(C=Cc1c(Cl)nc2sccn12)NCC1(O)CCOCC1. The first kappa shape index (κ1) is 15.5. The fraction of sp³-hybridized carbons (Fsp3) is 0.429. The Bertz CT molecular complexity index is 703. The number of carbonyl (C=O) groups is 1. The fourth-order valence-corrected chi connectivity index (χ4v) is 3.32. The minimum absolute atomic E-state index is 0.216. The van der Waals surface area contributed by atoms with E-state index in [4.69, 9.17) is 16.3 Å². The quantitative estimate of drug-likeness (QED) is 0.830. The second-order valence-corrected chi connectivity index (χ2v) is 6.46. The molecule has 2 N–H and O–H groups in total. The van der Waals surface area contributed by atoms with Gasteiger partial charge in [0, 0.05) is 50.3 Å². The van der Waals surface area contributed by atoms with Gasteiger partial charge in [0.05, 0.1) is 11.3 Å². The van der Waals surface area contributed by atoms with Crippen LogP contribution in [0.3, 0.4) is 0 Å². The molecular formula is C14H16ClN3O3S. The summed E-state index contributed by atoms with van der Waals surface area (Å²) in [5, 5.41) is 15.3. The van der Waals surface area contributed by atoms with Crippen molar-refractivity contribution < 1.29 is 14.6 Å². The van der Waals surface area contributed by atoms with E-state index in [2.05, 4.69) is 10.3 Å². The number of amides is 1. The number of hydrogen-bond donors (Lipinski definition) is 2. The third-order valence-electron chi connectivity index (χ3n) is 3.66. The van der Waals surface area contributed by atoms with E-state index in [0.717, 1.165) is 4.96 Å². The molecule has 2 aromatic heterocycles. The molecule has 2 aromatic rings. The first-order chi connectivity index (χ1) is 10.6. The monoisotopic (exact) mass is 341 g/mol. The predicted octanol–water partition coefficient (Wildman–Crippen LogP) is 1.72. The molecule has 3 heterocycles. The second kappa shape index (κ2) is 6.37. The number of hydrogen-bond acceptors (Lipinski definition) is 5. The number of nitrogens with zero attached hydrogens (tertiary/aromatic N) is 2. The van der Waals surface area contributed by atoms with Crippen molar-refractivity contribution in [3.05, 3.63) is 28.5 Å². The molecule has 1 aliphatic rings. The first-order valence-electron chi connectivity index (χ1n) is 6.94. The van der Waals surface area contributed by atoms with E-state index in [1.807, 2.05) is 16.0 Å². The van der Waals surface area contributed by atoms with Gasteiger partial charge >= 0.3 is 0 Å². The fourth-order valence-electron chi connectivity index (χ4n) is 2.32. The van der Waals surface area contributed by atoms with Crippen molar-refractivity contribution in [3.63, 3.8) is 0 Å². The zero-order chi connectivity index (χ0) is 15.6. The number of nitrogens with one attached hydrogen (secondary N) is 1. The van der Waals surface area contributed by atoms with E-state index in [-0.39, 0.29) is 12.5 Å². The topological polar surface area (TPSA) is 75.9 Å². The molecule has 1 fully saturated rings. The van der Waals surface area contributed by atoms with Crippen LogP contribution in [0.25, 0.3) is 11.0 Å². The lowest BCUT2D eigenvalue weighted by molar-refractivity contribution is -0.119. The number of ether oxygens (including phenoxy) is 1. The van der Waals surface area contributed by atoms with Gasteiger partial charge in [-0.15, -0.1) is 11.3 Å². The van der Waals surface area contributed by atoms with Crippen LogP contribution < -0.4 is 5.32 Å². The molecule has 6 nitrogen and oxygen atoms in total. The highest BCUT2D eigenvalue weighted by atomic mass is 35.5. The number of aliphatic hydroxyl groups is 1. The maximum absolute atomic E-state index is 11.9. The van der Waals surface area contributed by atoms with Crippen LogP contribution in [0.2, 0.25) is 5.15 Å². The highest BCUT2D eigenvalue weighted by molar-refractivity contribution is 7.15. The van der Waals surface area contributed by atoms with Crippen LogP contribution in [0.4, 0.5) is 0 Å². The molecule has 22 heavy (non-hydrogen) atoms. The molecule has 0 bridgehead atoms. The number of halogens is 1. The molecule has 1 saturated heterocycles. The molecule has 0 atom stereocenters.